The van der Waals surface area contributed by atoms with E-state index in [2.05, 4.69) is 5.10 Å². The number of nitrogens with zero attached hydrogens (tertiary/aromatic N) is 3. The van der Waals surface area contributed by atoms with E-state index in [0.717, 1.165) is 24.1 Å². The molecule has 2 heterocycles. The second kappa shape index (κ2) is 4.87. The largest absolute Gasteiger partial charge is 0.433 e. The summed E-state index contributed by atoms with van der Waals surface area (Å²) in [5, 5.41) is 15.4. The van der Waals surface area contributed by atoms with Crippen LogP contribution in [0.4, 0.5) is 5.88 Å². The molecule has 0 N–H and O–H groups in total. The summed E-state index contributed by atoms with van der Waals surface area (Å²) in [6, 6.07) is 2.56. The molecule has 0 unspecified atom stereocenters. The Labute approximate surface area is 130 Å². The van der Waals surface area contributed by atoms with Crippen LogP contribution in [-0.2, 0) is 9.59 Å². The van der Waals surface area contributed by atoms with Crippen LogP contribution in [-0.4, -0.2) is 28.0 Å². The second-order valence-corrected chi connectivity index (χ2v) is 6.01. The Kier molecular flexibility index (Phi) is 2.93. The van der Waals surface area contributed by atoms with Gasteiger partial charge in [-0.1, -0.05) is 12.2 Å². The van der Waals surface area contributed by atoms with E-state index in [0.29, 0.717) is 0 Å². The van der Waals surface area contributed by atoms with Gasteiger partial charge in [0.1, 0.15) is 4.92 Å². The van der Waals surface area contributed by atoms with Gasteiger partial charge in [-0.3, -0.25) is 19.7 Å². The van der Waals surface area contributed by atoms with Crippen molar-refractivity contribution in [3.63, 3.8) is 0 Å². The molecule has 118 valence electrons. The van der Waals surface area contributed by atoms with E-state index in [1.54, 1.807) is 0 Å². The highest BCUT2D eigenvalue weighted by molar-refractivity contribution is 6.06. The molecule has 23 heavy (non-hydrogen) atoms. The molecule has 8 nitrogen and oxygen atoms in total. The first kappa shape index (κ1) is 13.9. The van der Waals surface area contributed by atoms with Crippen LogP contribution in [0.15, 0.2) is 33.8 Å². The lowest BCUT2D eigenvalue weighted by atomic mass is 9.63. The smallest absolute Gasteiger partial charge is 0.400 e. The minimum Gasteiger partial charge on any atom is -0.400 e. The molecule has 8 heteroatoms. The third-order valence-electron chi connectivity index (χ3n) is 4.83. The summed E-state index contributed by atoms with van der Waals surface area (Å²) < 4.78 is 4.94. The molecule has 2 fully saturated rings. The Morgan fingerprint density at radius 3 is 2.26 bits per heavy atom. The van der Waals surface area contributed by atoms with Gasteiger partial charge in [-0.15, -0.1) is 0 Å². The summed E-state index contributed by atoms with van der Waals surface area (Å²) in [5.41, 5.74) is 0. The van der Waals surface area contributed by atoms with Gasteiger partial charge in [-0.05, 0) is 30.7 Å². The van der Waals surface area contributed by atoms with Gasteiger partial charge in [0.25, 0.3) is 11.8 Å². The van der Waals surface area contributed by atoms with Crippen molar-refractivity contribution in [1.82, 2.24) is 5.01 Å². The number of fused-ring (bicyclic) bond motifs is 1. The number of hydrogen-bond acceptors (Lipinski definition) is 6. The van der Waals surface area contributed by atoms with E-state index in [1.165, 1.54) is 12.1 Å². The molecule has 4 aliphatic rings. The molecular formula is C15H13N3O5. The van der Waals surface area contributed by atoms with Gasteiger partial charge in [0.05, 0.1) is 24.1 Å². The minimum atomic E-state index is -0.665. The topological polar surface area (TPSA) is 106 Å². The van der Waals surface area contributed by atoms with Gasteiger partial charge in [-0.25, -0.2) is 0 Å². The van der Waals surface area contributed by atoms with Crippen LogP contribution in [0.5, 0.6) is 0 Å². The normalized spacial score (nSPS) is 32.1. The van der Waals surface area contributed by atoms with Crippen LogP contribution in [0.3, 0.4) is 0 Å². The number of nitro groups is 1. The van der Waals surface area contributed by atoms with Crippen LogP contribution in [0.25, 0.3) is 0 Å². The van der Waals surface area contributed by atoms with Crippen molar-refractivity contribution < 1.29 is 18.9 Å². The molecular weight excluding hydrogens is 302 g/mol. The van der Waals surface area contributed by atoms with E-state index in [-0.39, 0.29) is 41.2 Å². The van der Waals surface area contributed by atoms with Crippen LogP contribution in [0.2, 0.25) is 0 Å². The zero-order chi connectivity index (χ0) is 16.1. The average molecular weight is 315 g/mol. The number of hydrogen-bond donors (Lipinski definition) is 0. The van der Waals surface area contributed by atoms with E-state index in [9.17, 15) is 19.7 Å². The molecule has 1 aromatic rings. The summed E-state index contributed by atoms with van der Waals surface area (Å²) in [6.07, 6.45) is 7.06. The number of imide groups is 1. The maximum atomic E-state index is 12.5. The molecule has 0 spiro atoms. The Morgan fingerprint density at radius 1 is 1.17 bits per heavy atom. The minimum absolute atomic E-state index is 0.103. The highest BCUT2D eigenvalue weighted by atomic mass is 16.6. The second-order valence-electron chi connectivity index (χ2n) is 6.01. The highest BCUT2D eigenvalue weighted by Crippen LogP contribution is 2.49. The SMILES string of the molecule is O=C1[C@@H]2[C@@H](C(=O)N1/N=C\c1ccc([N+](=O)[O-])o1)[C@@H]1C=C[C@@H]2CC1. The van der Waals surface area contributed by atoms with E-state index in [1.807, 2.05) is 12.2 Å². The monoisotopic (exact) mass is 315 g/mol. The summed E-state index contributed by atoms with van der Waals surface area (Å²) in [4.78, 5) is 34.9. The molecule has 2 bridgehead atoms. The van der Waals surface area contributed by atoms with Gasteiger partial charge >= 0.3 is 5.88 Å². The quantitative estimate of drug-likeness (QED) is 0.277. The number of carbonyl (C=O) groups excluding carboxylic acids is 2. The summed E-state index contributed by atoms with van der Waals surface area (Å²) in [5.74, 6) is -1.33. The zero-order valence-corrected chi connectivity index (χ0v) is 12.0. The molecule has 0 radical (unpaired) electrons. The van der Waals surface area contributed by atoms with Gasteiger partial charge in [0.2, 0.25) is 0 Å². The molecule has 1 saturated heterocycles. The number of carbonyl (C=O) groups is 2. The van der Waals surface area contributed by atoms with Gasteiger partial charge < -0.3 is 4.42 Å². The van der Waals surface area contributed by atoms with E-state index < -0.39 is 10.8 Å². The van der Waals surface area contributed by atoms with Crippen molar-refractivity contribution in [3.05, 3.63) is 40.2 Å². The Hall–Kier alpha value is -2.77. The van der Waals surface area contributed by atoms with Crippen molar-refractivity contribution in [1.29, 1.82) is 0 Å². The lowest BCUT2D eigenvalue weighted by molar-refractivity contribution is -0.402. The maximum Gasteiger partial charge on any atom is 0.433 e. The van der Waals surface area contributed by atoms with E-state index in [4.69, 9.17) is 4.42 Å². The molecule has 3 aliphatic carbocycles. The molecule has 2 amide bonds. The number of allylic oxidation sites excluding steroid dienone is 2. The van der Waals surface area contributed by atoms with Gasteiger partial charge in [-0.2, -0.15) is 10.1 Å². The highest BCUT2D eigenvalue weighted by Gasteiger charge is 2.56. The van der Waals surface area contributed by atoms with Crippen molar-refractivity contribution in [3.8, 4) is 0 Å². The standard InChI is InChI=1S/C15H13N3O5/c19-14-12-8-1-2-9(4-3-8)13(12)15(20)17(14)16-7-10-5-6-11(23-10)18(21)22/h1-2,5-9,12-13H,3-4H2/b16-7-/t8-,9-,12+,13+/m1/s1. The maximum absolute atomic E-state index is 12.5. The Balaban J connectivity index is 1.58. The fourth-order valence-electron chi connectivity index (χ4n) is 3.80. The molecule has 5 rings (SSSR count). The van der Waals surface area contributed by atoms with Gasteiger partial charge in [0.15, 0.2) is 5.76 Å². The third-order valence-corrected chi connectivity index (χ3v) is 4.83. The lowest BCUT2D eigenvalue weighted by Gasteiger charge is -2.37. The zero-order valence-electron chi connectivity index (χ0n) is 12.0. The molecule has 0 aromatic carbocycles. The van der Waals surface area contributed by atoms with Gasteiger partial charge in [0, 0.05) is 0 Å². The molecule has 4 atom stereocenters. The van der Waals surface area contributed by atoms with Crippen molar-refractivity contribution in [2.75, 3.05) is 0 Å². The number of hydrazone groups is 1. The van der Waals surface area contributed by atoms with Crippen LogP contribution < -0.4 is 0 Å². The number of furan rings is 1. The fourth-order valence-corrected chi connectivity index (χ4v) is 3.80. The molecule has 1 saturated carbocycles. The fraction of sp³-hybridized carbons (Fsp3) is 0.400. The number of rotatable bonds is 3. The Bertz CT molecular complexity index is 733. The lowest BCUT2D eigenvalue weighted by Crippen LogP contribution is -2.38. The summed E-state index contributed by atoms with van der Waals surface area (Å²) >= 11 is 0. The summed E-state index contributed by atoms with van der Waals surface area (Å²) in [6.45, 7) is 0. The first-order valence-corrected chi connectivity index (χ1v) is 7.40. The third kappa shape index (κ3) is 2.01. The predicted molar refractivity (Wildman–Crippen MR) is 77.1 cm³/mol. The predicted octanol–water partition coefficient (Wildman–Crippen LogP) is 1.72. The van der Waals surface area contributed by atoms with Crippen LogP contribution >= 0.6 is 0 Å². The number of amides is 2. The summed E-state index contributed by atoms with van der Waals surface area (Å²) in [7, 11) is 0. The van der Waals surface area contributed by atoms with E-state index >= 15 is 0 Å². The first-order chi connectivity index (χ1) is 11.1. The molecule has 1 aliphatic heterocycles. The van der Waals surface area contributed by atoms with Crippen molar-refractivity contribution in [2.24, 2.45) is 28.8 Å². The molecule has 1 aromatic heterocycles. The average Bonchev–Trinajstić information content (AvgIpc) is 3.13. The van der Waals surface area contributed by atoms with Crippen molar-refractivity contribution >= 4 is 23.9 Å². The van der Waals surface area contributed by atoms with Crippen molar-refractivity contribution in [2.45, 2.75) is 12.8 Å². The first-order valence-electron chi connectivity index (χ1n) is 7.40. The van der Waals surface area contributed by atoms with Crippen LogP contribution in [0, 0.1) is 33.8 Å². The van der Waals surface area contributed by atoms with Crippen LogP contribution in [0.1, 0.15) is 18.6 Å². The Morgan fingerprint density at radius 2 is 1.78 bits per heavy atom.